The highest BCUT2D eigenvalue weighted by atomic mass is 35.5. The maximum atomic E-state index is 13.1. The van der Waals surface area contributed by atoms with Crippen LogP contribution in [0.1, 0.15) is 41.3 Å². The third-order valence-electron chi connectivity index (χ3n) is 5.86. The summed E-state index contributed by atoms with van der Waals surface area (Å²) in [5.74, 6) is -1.55. The fraction of sp³-hybridized carbons (Fsp3) is 0.179. The molecule has 1 heterocycles. The number of halogens is 2. The number of nitrogens with zero attached hydrogens (tertiary/aromatic N) is 1. The Morgan fingerprint density at radius 2 is 1.67 bits per heavy atom. The number of aryl methyl sites for hydroxylation is 2. The largest absolute Gasteiger partial charge is 0.350 e. The summed E-state index contributed by atoms with van der Waals surface area (Å²) in [5.41, 5.74) is 3.73. The summed E-state index contributed by atoms with van der Waals surface area (Å²) in [6.07, 6.45) is 3.26. The molecule has 1 aliphatic rings. The van der Waals surface area contributed by atoms with Crippen LogP contribution in [-0.4, -0.2) is 17.7 Å². The molecule has 0 bridgehead atoms. The number of unbranched alkanes of at least 4 members (excludes halogenated alkanes) is 1. The molecule has 0 spiro atoms. The number of anilines is 3. The summed E-state index contributed by atoms with van der Waals surface area (Å²) in [6, 6.07) is 19.3. The van der Waals surface area contributed by atoms with E-state index in [1.54, 1.807) is 49.4 Å². The molecule has 0 aliphatic carbocycles. The number of benzene rings is 3. The van der Waals surface area contributed by atoms with Gasteiger partial charge in [-0.3, -0.25) is 14.4 Å². The second-order valence-corrected chi connectivity index (χ2v) is 9.34. The molecule has 0 aromatic heterocycles. The fourth-order valence-electron chi connectivity index (χ4n) is 3.88. The fourth-order valence-corrected chi connectivity index (χ4v) is 4.25. The molecule has 0 fully saturated rings. The lowest BCUT2D eigenvalue weighted by molar-refractivity contribution is -0.120. The molecule has 2 N–H and O–H groups in total. The van der Waals surface area contributed by atoms with Crippen molar-refractivity contribution in [3.8, 4) is 0 Å². The highest BCUT2D eigenvalue weighted by Crippen LogP contribution is 2.33. The third-order valence-corrected chi connectivity index (χ3v) is 6.45. The van der Waals surface area contributed by atoms with Crippen LogP contribution in [0.4, 0.5) is 17.1 Å². The van der Waals surface area contributed by atoms with Gasteiger partial charge in [0.1, 0.15) is 10.7 Å². The van der Waals surface area contributed by atoms with Gasteiger partial charge in [0.15, 0.2) is 0 Å². The Hall–Kier alpha value is -3.61. The van der Waals surface area contributed by atoms with Crippen molar-refractivity contribution in [1.29, 1.82) is 0 Å². The van der Waals surface area contributed by atoms with E-state index in [1.807, 2.05) is 24.3 Å². The molecule has 3 aromatic carbocycles. The Bertz CT molecular complexity index is 1370. The number of hydrogen-bond acceptors (Lipinski definition) is 4. The van der Waals surface area contributed by atoms with Gasteiger partial charge in [-0.1, -0.05) is 60.8 Å². The zero-order valence-corrected chi connectivity index (χ0v) is 21.4. The molecule has 36 heavy (non-hydrogen) atoms. The second kappa shape index (κ2) is 11.0. The summed E-state index contributed by atoms with van der Waals surface area (Å²) in [6.45, 7) is 3.92. The molecule has 6 nitrogen and oxygen atoms in total. The number of carbonyl (C=O) groups is 3. The van der Waals surface area contributed by atoms with Gasteiger partial charge in [-0.25, -0.2) is 4.90 Å². The molecule has 0 unspecified atom stereocenters. The molecule has 3 amide bonds. The maximum Gasteiger partial charge on any atom is 0.283 e. The Morgan fingerprint density at radius 1 is 0.917 bits per heavy atom. The number of carbonyl (C=O) groups excluding carboxylic acids is 3. The van der Waals surface area contributed by atoms with Crippen LogP contribution < -0.4 is 15.5 Å². The van der Waals surface area contributed by atoms with Crippen molar-refractivity contribution >= 4 is 58.0 Å². The van der Waals surface area contributed by atoms with E-state index in [9.17, 15) is 14.4 Å². The first-order chi connectivity index (χ1) is 17.3. The third kappa shape index (κ3) is 5.45. The molecular weight excluding hydrogens is 497 g/mol. The molecule has 0 radical (unpaired) electrons. The van der Waals surface area contributed by atoms with Crippen LogP contribution in [0.5, 0.6) is 0 Å². The predicted molar refractivity (Wildman–Crippen MR) is 145 cm³/mol. The van der Waals surface area contributed by atoms with Gasteiger partial charge in [0.2, 0.25) is 0 Å². The number of imide groups is 1. The van der Waals surface area contributed by atoms with E-state index in [4.69, 9.17) is 23.2 Å². The first kappa shape index (κ1) is 25.5. The lowest BCUT2D eigenvalue weighted by Crippen LogP contribution is -2.32. The standard InChI is InChI=1S/C28H25Cl2N3O3/c1-3-4-6-18-10-13-21(14-11-18)32-26(34)19-7-5-8-22(15-19)31-25-24(30)27(35)33(28(25)36)23-16-20(29)12-9-17(23)2/h5,7-16,31H,3-4,6H2,1-2H3,(H,32,34). The van der Waals surface area contributed by atoms with Crippen LogP contribution in [-0.2, 0) is 16.0 Å². The smallest absolute Gasteiger partial charge is 0.283 e. The van der Waals surface area contributed by atoms with E-state index < -0.39 is 11.8 Å². The van der Waals surface area contributed by atoms with E-state index in [-0.39, 0.29) is 16.6 Å². The Morgan fingerprint density at radius 3 is 2.39 bits per heavy atom. The molecule has 184 valence electrons. The molecular formula is C28H25Cl2N3O3. The zero-order chi connectivity index (χ0) is 25.8. The van der Waals surface area contributed by atoms with Gasteiger partial charge < -0.3 is 10.6 Å². The summed E-state index contributed by atoms with van der Waals surface area (Å²) in [7, 11) is 0. The van der Waals surface area contributed by atoms with Gasteiger partial charge in [0.05, 0.1) is 5.69 Å². The van der Waals surface area contributed by atoms with E-state index in [1.165, 1.54) is 5.56 Å². The van der Waals surface area contributed by atoms with Gasteiger partial charge in [0, 0.05) is 22.0 Å². The highest BCUT2D eigenvalue weighted by Gasteiger charge is 2.39. The number of rotatable bonds is 8. The lowest BCUT2D eigenvalue weighted by Gasteiger charge is -2.18. The minimum absolute atomic E-state index is 0.0683. The highest BCUT2D eigenvalue weighted by molar-refractivity contribution is 6.53. The average molecular weight is 522 g/mol. The quantitative estimate of drug-likeness (QED) is 0.324. The molecule has 8 heteroatoms. The van der Waals surface area contributed by atoms with Crippen LogP contribution in [0.3, 0.4) is 0 Å². The Balaban J connectivity index is 1.49. The van der Waals surface area contributed by atoms with Crippen molar-refractivity contribution in [2.75, 3.05) is 15.5 Å². The van der Waals surface area contributed by atoms with E-state index in [2.05, 4.69) is 17.6 Å². The van der Waals surface area contributed by atoms with Gasteiger partial charge in [0.25, 0.3) is 17.7 Å². The van der Waals surface area contributed by atoms with Crippen molar-refractivity contribution in [1.82, 2.24) is 0 Å². The summed E-state index contributed by atoms with van der Waals surface area (Å²) in [4.78, 5) is 39.8. The van der Waals surface area contributed by atoms with Crippen molar-refractivity contribution in [2.45, 2.75) is 33.1 Å². The van der Waals surface area contributed by atoms with Crippen LogP contribution in [0.2, 0.25) is 5.02 Å². The average Bonchev–Trinajstić information content (AvgIpc) is 3.08. The number of amides is 3. The van der Waals surface area contributed by atoms with E-state index >= 15 is 0 Å². The topological polar surface area (TPSA) is 78.5 Å². The Labute approximate surface area is 219 Å². The van der Waals surface area contributed by atoms with Gasteiger partial charge in [-0.15, -0.1) is 0 Å². The van der Waals surface area contributed by atoms with Gasteiger partial charge >= 0.3 is 0 Å². The summed E-state index contributed by atoms with van der Waals surface area (Å²) < 4.78 is 0. The van der Waals surface area contributed by atoms with Crippen molar-refractivity contribution in [2.24, 2.45) is 0 Å². The molecule has 0 saturated carbocycles. The zero-order valence-electron chi connectivity index (χ0n) is 19.9. The molecule has 3 aromatic rings. The molecule has 1 aliphatic heterocycles. The molecule has 4 rings (SSSR count). The first-order valence-corrected chi connectivity index (χ1v) is 12.4. The van der Waals surface area contributed by atoms with Crippen LogP contribution in [0.25, 0.3) is 0 Å². The minimum Gasteiger partial charge on any atom is -0.350 e. The summed E-state index contributed by atoms with van der Waals surface area (Å²) >= 11 is 12.3. The first-order valence-electron chi connectivity index (χ1n) is 11.6. The van der Waals surface area contributed by atoms with Crippen LogP contribution in [0.15, 0.2) is 77.5 Å². The van der Waals surface area contributed by atoms with Gasteiger partial charge in [-0.2, -0.15) is 0 Å². The maximum absolute atomic E-state index is 13.1. The van der Waals surface area contributed by atoms with Crippen LogP contribution in [0, 0.1) is 6.92 Å². The number of nitrogens with one attached hydrogen (secondary N) is 2. The summed E-state index contributed by atoms with van der Waals surface area (Å²) in [5, 5.41) is 5.95. The monoisotopic (exact) mass is 521 g/mol. The van der Waals surface area contributed by atoms with Crippen molar-refractivity contribution in [3.63, 3.8) is 0 Å². The number of hydrogen-bond donors (Lipinski definition) is 2. The normalized spacial score (nSPS) is 13.4. The Kier molecular flexibility index (Phi) is 7.77. The van der Waals surface area contributed by atoms with Gasteiger partial charge in [-0.05, 0) is 73.4 Å². The van der Waals surface area contributed by atoms with E-state index in [0.717, 1.165) is 24.2 Å². The second-order valence-electron chi connectivity index (χ2n) is 8.53. The van der Waals surface area contributed by atoms with E-state index in [0.29, 0.717) is 33.2 Å². The SMILES string of the molecule is CCCCc1ccc(NC(=O)c2cccc(NC3=C(Cl)C(=O)N(c4cc(Cl)ccc4C)C3=O)c2)cc1. The van der Waals surface area contributed by atoms with Crippen LogP contribution >= 0.6 is 23.2 Å². The predicted octanol–water partition coefficient (Wildman–Crippen LogP) is 6.68. The van der Waals surface area contributed by atoms with Crippen molar-refractivity contribution in [3.05, 3.63) is 99.2 Å². The van der Waals surface area contributed by atoms with Crippen molar-refractivity contribution < 1.29 is 14.4 Å². The minimum atomic E-state index is -0.647. The lowest BCUT2D eigenvalue weighted by atomic mass is 10.1. The molecule has 0 saturated heterocycles. The molecule has 0 atom stereocenters.